The zero-order valence-electron chi connectivity index (χ0n) is 20.0. The first kappa shape index (κ1) is 23.7. The lowest BCUT2D eigenvalue weighted by atomic mass is 9.84. The van der Waals surface area contributed by atoms with Crippen molar-refractivity contribution in [2.24, 2.45) is 0 Å². The predicted molar refractivity (Wildman–Crippen MR) is 139 cm³/mol. The number of rotatable bonds is 5. The van der Waals surface area contributed by atoms with E-state index in [-0.39, 0.29) is 5.97 Å². The minimum Gasteiger partial charge on any atom is -0.488 e. The third-order valence-electron chi connectivity index (χ3n) is 7.03. The summed E-state index contributed by atoms with van der Waals surface area (Å²) < 4.78 is 12.0. The molecule has 0 spiro atoms. The third-order valence-corrected chi connectivity index (χ3v) is 7.29. The summed E-state index contributed by atoms with van der Waals surface area (Å²) in [5.74, 6) is 0.688. The molecule has 5 rings (SSSR count). The average molecular weight is 488 g/mol. The number of hydrogen-bond donors (Lipinski definition) is 0. The SMILES string of the molecule is CC(=O)OC1(c2ccc(Cl)cc2)CCN(CCC=C2c3ccccc3COc3ccccc32)CC1. The van der Waals surface area contributed by atoms with Gasteiger partial charge in [0.15, 0.2) is 0 Å². The number of carbonyl (C=O) groups excluding carboxylic acids is 1. The normalized spacial score (nSPS) is 18.2. The number of fused-ring (bicyclic) bond motifs is 2. The zero-order valence-corrected chi connectivity index (χ0v) is 20.8. The third kappa shape index (κ3) is 5.14. The van der Waals surface area contributed by atoms with Crippen LogP contribution in [0.1, 0.15) is 48.4 Å². The van der Waals surface area contributed by atoms with Crippen LogP contribution in [0.3, 0.4) is 0 Å². The number of nitrogens with zero attached hydrogens (tertiary/aromatic N) is 1. The van der Waals surface area contributed by atoms with E-state index >= 15 is 0 Å². The van der Waals surface area contributed by atoms with Gasteiger partial charge >= 0.3 is 5.97 Å². The van der Waals surface area contributed by atoms with E-state index < -0.39 is 5.60 Å². The Morgan fingerprint density at radius 2 is 1.69 bits per heavy atom. The van der Waals surface area contributed by atoms with Gasteiger partial charge < -0.3 is 14.4 Å². The highest BCUT2D eigenvalue weighted by atomic mass is 35.5. The Labute approximate surface area is 212 Å². The van der Waals surface area contributed by atoms with Crippen LogP contribution in [-0.2, 0) is 21.7 Å². The maximum atomic E-state index is 11.9. The van der Waals surface area contributed by atoms with E-state index in [0.717, 1.165) is 55.8 Å². The van der Waals surface area contributed by atoms with E-state index in [9.17, 15) is 4.79 Å². The second kappa shape index (κ2) is 10.3. The summed E-state index contributed by atoms with van der Waals surface area (Å²) >= 11 is 6.09. The van der Waals surface area contributed by atoms with Crippen LogP contribution in [0.4, 0.5) is 0 Å². The highest BCUT2D eigenvalue weighted by Crippen LogP contribution is 2.39. The number of piperidine rings is 1. The quantitative estimate of drug-likeness (QED) is 0.379. The van der Waals surface area contributed by atoms with Gasteiger partial charge in [0.1, 0.15) is 18.0 Å². The molecular formula is C30H30ClNO3. The van der Waals surface area contributed by atoms with Crippen LogP contribution in [0.25, 0.3) is 5.57 Å². The van der Waals surface area contributed by atoms with Crippen LogP contribution >= 0.6 is 11.6 Å². The first-order valence-electron chi connectivity index (χ1n) is 12.2. The molecular weight excluding hydrogens is 458 g/mol. The molecule has 0 saturated carbocycles. The number of ether oxygens (including phenoxy) is 2. The van der Waals surface area contributed by atoms with Gasteiger partial charge in [-0.25, -0.2) is 0 Å². The van der Waals surface area contributed by atoms with Gasteiger partial charge in [-0.05, 0) is 46.9 Å². The topological polar surface area (TPSA) is 38.8 Å². The molecule has 35 heavy (non-hydrogen) atoms. The predicted octanol–water partition coefficient (Wildman–Crippen LogP) is 6.61. The molecule has 3 aromatic rings. The van der Waals surface area contributed by atoms with Crippen molar-refractivity contribution in [1.29, 1.82) is 0 Å². The van der Waals surface area contributed by atoms with Crippen LogP contribution in [0.5, 0.6) is 5.75 Å². The van der Waals surface area contributed by atoms with E-state index in [4.69, 9.17) is 21.1 Å². The minimum atomic E-state index is -0.581. The lowest BCUT2D eigenvalue weighted by Gasteiger charge is -2.41. The fourth-order valence-electron chi connectivity index (χ4n) is 5.25. The van der Waals surface area contributed by atoms with Crippen LogP contribution in [0.2, 0.25) is 5.02 Å². The largest absolute Gasteiger partial charge is 0.488 e. The summed E-state index contributed by atoms with van der Waals surface area (Å²) in [7, 11) is 0. The Morgan fingerprint density at radius 1 is 1.00 bits per heavy atom. The molecule has 1 fully saturated rings. The molecule has 0 N–H and O–H groups in total. The van der Waals surface area contributed by atoms with E-state index in [1.165, 1.54) is 23.6 Å². The van der Waals surface area contributed by atoms with Gasteiger partial charge in [0, 0.05) is 50.0 Å². The van der Waals surface area contributed by atoms with E-state index in [1.54, 1.807) is 0 Å². The van der Waals surface area contributed by atoms with Gasteiger partial charge in [0.05, 0.1) is 0 Å². The van der Waals surface area contributed by atoms with Crippen molar-refractivity contribution in [3.05, 3.63) is 106 Å². The molecule has 4 nitrogen and oxygen atoms in total. The van der Waals surface area contributed by atoms with E-state index in [2.05, 4.69) is 47.4 Å². The molecule has 0 atom stereocenters. The van der Waals surface area contributed by atoms with Crippen LogP contribution in [-0.4, -0.2) is 30.5 Å². The summed E-state index contributed by atoms with van der Waals surface area (Å²) in [5, 5.41) is 0.684. The first-order chi connectivity index (χ1) is 17.0. The Morgan fingerprint density at radius 3 is 2.43 bits per heavy atom. The van der Waals surface area contributed by atoms with Crippen molar-refractivity contribution in [3.63, 3.8) is 0 Å². The summed E-state index contributed by atoms with van der Waals surface area (Å²) in [5.41, 5.74) is 5.27. The summed E-state index contributed by atoms with van der Waals surface area (Å²) in [6.07, 6.45) is 4.81. The fraction of sp³-hybridized carbons (Fsp3) is 0.300. The van der Waals surface area contributed by atoms with Crippen molar-refractivity contribution in [2.45, 2.75) is 38.4 Å². The van der Waals surface area contributed by atoms with Crippen molar-refractivity contribution in [2.75, 3.05) is 19.6 Å². The van der Waals surface area contributed by atoms with E-state index in [0.29, 0.717) is 11.6 Å². The van der Waals surface area contributed by atoms with Crippen molar-refractivity contribution < 1.29 is 14.3 Å². The molecule has 180 valence electrons. The Bertz CT molecular complexity index is 1180. The highest BCUT2D eigenvalue weighted by Gasteiger charge is 2.39. The molecule has 0 aliphatic carbocycles. The van der Waals surface area contributed by atoms with Crippen molar-refractivity contribution in [3.8, 4) is 5.75 Å². The number of esters is 1. The number of carbonyl (C=O) groups is 1. The van der Waals surface area contributed by atoms with Crippen LogP contribution < -0.4 is 4.74 Å². The molecule has 0 radical (unpaired) electrons. The first-order valence-corrected chi connectivity index (χ1v) is 12.6. The number of benzene rings is 3. The Hall–Kier alpha value is -3.08. The maximum absolute atomic E-state index is 11.9. The van der Waals surface area contributed by atoms with Crippen molar-refractivity contribution >= 4 is 23.1 Å². The molecule has 0 unspecified atom stereocenters. The molecule has 0 aromatic heterocycles. The molecule has 0 bridgehead atoms. The number of likely N-dealkylation sites (tertiary alicyclic amines) is 1. The van der Waals surface area contributed by atoms with Gasteiger partial charge in [-0.3, -0.25) is 4.79 Å². The van der Waals surface area contributed by atoms with Gasteiger partial charge in [0.2, 0.25) is 0 Å². The number of para-hydroxylation sites is 1. The molecule has 0 amide bonds. The highest BCUT2D eigenvalue weighted by molar-refractivity contribution is 6.30. The number of hydrogen-bond acceptors (Lipinski definition) is 4. The van der Waals surface area contributed by atoms with Crippen LogP contribution in [0, 0.1) is 0 Å². The smallest absolute Gasteiger partial charge is 0.303 e. The van der Waals surface area contributed by atoms with Crippen molar-refractivity contribution in [1.82, 2.24) is 4.90 Å². The molecule has 2 aliphatic heterocycles. The lowest BCUT2D eigenvalue weighted by molar-refractivity contribution is -0.164. The minimum absolute atomic E-state index is 0.244. The second-order valence-corrected chi connectivity index (χ2v) is 9.72. The van der Waals surface area contributed by atoms with Gasteiger partial charge in [-0.2, -0.15) is 0 Å². The summed E-state index contributed by atoms with van der Waals surface area (Å²) in [4.78, 5) is 14.4. The van der Waals surface area contributed by atoms with Gasteiger partial charge in [-0.1, -0.05) is 72.3 Å². The molecule has 2 heterocycles. The molecule has 5 heteroatoms. The lowest BCUT2D eigenvalue weighted by Crippen LogP contribution is -2.45. The zero-order chi connectivity index (χ0) is 24.3. The van der Waals surface area contributed by atoms with E-state index in [1.807, 2.05) is 36.4 Å². The van der Waals surface area contributed by atoms with Gasteiger partial charge in [0.25, 0.3) is 0 Å². The summed E-state index contributed by atoms with van der Waals surface area (Å²) in [6.45, 7) is 4.76. The standard InChI is InChI=1S/C30H30ClNO3/c1-22(33)35-30(24-12-14-25(31)15-13-24)16-19-32(20-17-30)18-6-10-27-26-8-3-2-7-23(26)21-34-29-11-5-4-9-28(27)29/h2-5,7-15H,6,16-21H2,1H3. The average Bonchev–Trinajstić information content (AvgIpc) is 3.02. The molecule has 1 saturated heterocycles. The van der Waals surface area contributed by atoms with Gasteiger partial charge in [-0.15, -0.1) is 0 Å². The fourth-order valence-corrected chi connectivity index (χ4v) is 5.38. The molecule has 3 aromatic carbocycles. The Kier molecular flexibility index (Phi) is 6.94. The monoisotopic (exact) mass is 487 g/mol. The van der Waals surface area contributed by atoms with Crippen LogP contribution in [0.15, 0.2) is 78.9 Å². The maximum Gasteiger partial charge on any atom is 0.303 e. The second-order valence-electron chi connectivity index (χ2n) is 9.28. The Balaban J connectivity index is 1.31. The molecule has 2 aliphatic rings. The summed E-state index contributed by atoms with van der Waals surface area (Å²) in [6, 6.07) is 24.5. The number of halogens is 1.